The van der Waals surface area contributed by atoms with Gasteiger partial charge in [0.15, 0.2) is 0 Å². The molecule has 0 aromatic heterocycles. The van der Waals surface area contributed by atoms with Crippen molar-refractivity contribution in [3.63, 3.8) is 0 Å². The van der Waals surface area contributed by atoms with E-state index in [1.54, 1.807) is 0 Å². The van der Waals surface area contributed by atoms with E-state index in [1.807, 2.05) is 0 Å². The number of cyclic esters (lactones) is 1. The van der Waals surface area contributed by atoms with E-state index in [0.29, 0.717) is 19.6 Å². The van der Waals surface area contributed by atoms with Crippen molar-refractivity contribution in [1.29, 1.82) is 0 Å². The number of hydrogen-bond donors (Lipinski definition) is 2. The van der Waals surface area contributed by atoms with Crippen molar-refractivity contribution in [2.45, 2.75) is 18.9 Å². The molecule has 0 saturated carbocycles. The van der Waals surface area contributed by atoms with Crippen molar-refractivity contribution in [2.24, 2.45) is 5.92 Å². The summed E-state index contributed by atoms with van der Waals surface area (Å²) in [6.07, 6.45) is 1.12. The number of rotatable bonds is 3. The number of carboxylic acid groups (broad SMARTS) is 1. The van der Waals surface area contributed by atoms with E-state index in [0.717, 1.165) is 19.4 Å². The Hall–Kier alpha value is -1.30. The van der Waals surface area contributed by atoms with Gasteiger partial charge in [-0.05, 0) is 19.4 Å². The zero-order valence-corrected chi connectivity index (χ0v) is 9.02. The van der Waals surface area contributed by atoms with Gasteiger partial charge < -0.3 is 15.2 Å². The molecule has 2 saturated heterocycles. The van der Waals surface area contributed by atoms with Gasteiger partial charge in [0.1, 0.15) is 6.10 Å². The van der Waals surface area contributed by atoms with Crippen LogP contribution >= 0.6 is 0 Å². The first-order valence-corrected chi connectivity index (χ1v) is 5.55. The second-order valence-electron chi connectivity index (χ2n) is 4.35. The van der Waals surface area contributed by atoms with Crippen LogP contribution in [0.3, 0.4) is 0 Å². The summed E-state index contributed by atoms with van der Waals surface area (Å²) in [5.41, 5.74) is 0. The maximum absolute atomic E-state index is 10.9. The van der Waals surface area contributed by atoms with Crippen LogP contribution in [0.4, 0.5) is 4.79 Å². The Morgan fingerprint density at radius 3 is 3.06 bits per heavy atom. The van der Waals surface area contributed by atoms with Gasteiger partial charge in [0.25, 0.3) is 0 Å². The first kappa shape index (κ1) is 11.2. The lowest BCUT2D eigenvalue weighted by Gasteiger charge is -2.31. The third kappa shape index (κ3) is 2.63. The van der Waals surface area contributed by atoms with Crippen LogP contribution in [0.5, 0.6) is 0 Å². The molecule has 1 amide bonds. The average molecular weight is 228 g/mol. The minimum atomic E-state index is -0.730. The van der Waals surface area contributed by atoms with Gasteiger partial charge in [-0.25, -0.2) is 4.79 Å². The number of aliphatic carboxylic acids is 1. The molecule has 0 bridgehead atoms. The normalized spacial score (nSPS) is 30.9. The molecule has 0 aromatic rings. The van der Waals surface area contributed by atoms with Crippen LogP contribution < -0.4 is 5.32 Å². The van der Waals surface area contributed by atoms with Crippen molar-refractivity contribution in [2.75, 3.05) is 26.2 Å². The van der Waals surface area contributed by atoms with E-state index >= 15 is 0 Å². The average Bonchev–Trinajstić information content (AvgIpc) is 2.64. The third-order valence-corrected chi connectivity index (χ3v) is 3.06. The fraction of sp³-hybridized carbons (Fsp3) is 0.800. The van der Waals surface area contributed by atoms with Gasteiger partial charge in [-0.2, -0.15) is 0 Å². The zero-order valence-electron chi connectivity index (χ0n) is 9.02. The number of piperidine rings is 1. The molecule has 90 valence electrons. The molecule has 0 aromatic carbocycles. The van der Waals surface area contributed by atoms with Gasteiger partial charge in [-0.1, -0.05) is 0 Å². The highest BCUT2D eigenvalue weighted by molar-refractivity contribution is 5.70. The Morgan fingerprint density at radius 2 is 2.44 bits per heavy atom. The summed E-state index contributed by atoms with van der Waals surface area (Å²) in [6, 6.07) is 0. The van der Waals surface area contributed by atoms with E-state index in [2.05, 4.69) is 10.2 Å². The van der Waals surface area contributed by atoms with Crippen molar-refractivity contribution in [3.05, 3.63) is 0 Å². The fourth-order valence-electron chi connectivity index (χ4n) is 2.24. The fourth-order valence-corrected chi connectivity index (χ4v) is 2.24. The monoisotopic (exact) mass is 228 g/mol. The van der Waals surface area contributed by atoms with Crippen LogP contribution in [0.15, 0.2) is 0 Å². The van der Waals surface area contributed by atoms with Gasteiger partial charge in [-0.3, -0.25) is 9.69 Å². The van der Waals surface area contributed by atoms with Gasteiger partial charge in [0.2, 0.25) is 0 Å². The SMILES string of the molecule is O=C1NCC(CN2CCCC(C(=O)O)C2)O1. The summed E-state index contributed by atoms with van der Waals surface area (Å²) >= 11 is 0. The van der Waals surface area contributed by atoms with E-state index < -0.39 is 5.97 Å². The molecule has 2 fully saturated rings. The molecule has 16 heavy (non-hydrogen) atoms. The van der Waals surface area contributed by atoms with Crippen molar-refractivity contribution < 1.29 is 19.4 Å². The minimum absolute atomic E-state index is 0.139. The summed E-state index contributed by atoms with van der Waals surface area (Å²) in [4.78, 5) is 23.7. The third-order valence-electron chi connectivity index (χ3n) is 3.06. The largest absolute Gasteiger partial charge is 0.481 e. The molecular formula is C10H16N2O4. The number of likely N-dealkylation sites (tertiary alicyclic amines) is 1. The summed E-state index contributed by atoms with van der Waals surface area (Å²) in [7, 11) is 0. The molecule has 0 radical (unpaired) electrons. The number of carbonyl (C=O) groups is 2. The quantitative estimate of drug-likeness (QED) is 0.704. The summed E-state index contributed by atoms with van der Waals surface area (Å²) in [5, 5.41) is 11.5. The van der Waals surface area contributed by atoms with Crippen molar-refractivity contribution in [3.8, 4) is 0 Å². The van der Waals surface area contributed by atoms with E-state index in [1.165, 1.54) is 0 Å². The molecule has 6 heteroatoms. The van der Waals surface area contributed by atoms with Gasteiger partial charge in [0.05, 0.1) is 12.5 Å². The number of nitrogens with one attached hydrogen (secondary N) is 1. The molecule has 6 nitrogen and oxygen atoms in total. The lowest BCUT2D eigenvalue weighted by molar-refractivity contribution is -0.143. The topological polar surface area (TPSA) is 78.9 Å². The summed E-state index contributed by atoms with van der Waals surface area (Å²) in [5.74, 6) is -1.01. The second kappa shape index (κ2) is 4.69. The smallest absolute Gasteiger partial charge is 0.407 e. The number of hydrogen-bond acceptors (Lipinski definition) is 4. The van der Waals surface area contributed by atoms with Crippen LogP contribution in [-0.2, 0) is 9.53 Å². The van der Waals surface area contributed by atoms with Gasteiger partial charge >= 0.3 is 12.1 Å². The molecule has 2 atom stereocenters. The van der Waals surface area contributed by atoms with Crippen LogP contribution in [0.25, 0.3) is 0 Å². The zero-order chi connectivity index (χ0) is 11.5. The molecule has 0 spiro atoms. The maximum atomic E-state index is 10.9. The number of nitrogens with zero attached hydrogens (tertiary/aromatic N) is 1. The summed E-state index contributed by atoms with van der Waals surface area (Å²) in [6.45, 7) is 2.59. The number of carbonyl (C=O) groups excluding carboxylic acids is 1. The Bertz CT molecular complexity index is 295. The lowest BCUT2D eigenvalue weighted by atomic mass is 9.98. The number of amides is 1. The standard InChI is InChI=1S/C10H16N2O4/c13-9(14)7-2-1-3-12(5-7)6-8-4-11-10(15)16-8/h7-8H,1-6H2,(H,11,15)(H,13,14). The van der Waals surface area contributed by atoms with Crippen molar-refractivity contribution >= 4 is 12.1 Å². The number of carboxylic acids is 1. The molecule has 2 rings (SSSR count). The Morgan fingerprint density at radius 1 is 1.62 bits per heavy atom. The molecule has 2 aliphatic rings. The first-order chi connectivity index (χ1) is 7.65. The Labute approximate surface area is 93.6 Å². The second-order valence-corrected chi connectivity index (χ2v) is 4.35. The van der Waals surface area contributed by atoms with Gasteiger partial charge in [0, 0.05) is 13.1 Å². The molecule has 0 aliphatic carbocycles. The number of ether oxygens (including phenoxy) is 1. The highest BCUT2D eigenvalue weighted by Crippen LogP contribution is 2.17. The first-order valence-electron chi connectivity index (χ1n) is 5.55. The van der Waals surface area contributed by atoms with Gasteiger partial charge in [-0.15, -0.1) is 0 Å². The molecule has 2 aliphatic heterocycles. The Balaban J connectivity index is 1.81. The predicted octanol–water partition coefficient (Wildman–Crippen LogP) is -0.109. The predicted molar refractivity (Wildman–Crippen MR) is 55.1 cm³/mol. The minimum Gasteiger partial charge on any atom is -0.481 e. The highest BCUT2D eigenvalue weighted by Gasteiger charge is 2.29. The van der Waals surface area contributed by atoms with Crippen LogP contribution in [0.1, 0.15) is 12.8 Å². The number of alkyl carbamates (subject to hydrolysis) is 1. The molecular weight excluding hydrogens is 212 g/mol. The maximum Gasteiger partial charge on any atom is 0.407 e. The van der Waals surface area contributed by atoms with Crippen molar-refractivity contribution in [1.82, 2.24) is 10.2 Å². The van der Waals surface area contributed by atoms with Crippen LogP contribution in [0.2, 0.25) is 0 Å². The van der Waals surface area contributed by atoms with E-state index in [9.17, 15) is 9.59 Å². The molecule has 2 N–H and O–H groups in total. The molecule has 2 unspecified atom stereocenters. The van der Waals surface area contributed by atoms with E-state index in [-0.39, 0.29) is 18.1 Å². The van der Waals surface area contributed by atoms with Crippen LogP contribution in [-0.4, -0.2) is 54.4 Å². The lowest BCUT2D eigenvalue weighted by Crippen LogP contribution is -2.43. The van der Waals surface area contributed by atoms with Crippen LogP contribution in [0, 0.1) is 5.92 Å². The summed E-state index contributed by atoms with van der Waals surface area (Å²) < 4.78 is 5.02. The van der Waals surface area contributed by atoms with E-state index in [4.69, 9.17) is 9.84 Å². The highest BCUT2D eigenvalue weighted by atomic mass is 16.6. The molecule has 2 heterocycles. The Kier molecular flexibility index (Phi) is 3.28.